The number of nitriles is 1. The summed E-state index contributed by atoms with van der Waals surface area (Å²) in [6, 6.07) is 5.44. The number of nitrogens with zero attached hydrogens (tertiary/aromatic N) is 1. The maximum atomic E-state index is 12.9. The molecule has 0 aromatic heterocycles. The van der Waals surface area contributed by atoms with E-state index in [1.54, 1.807) is 13.8 Å². The highest BCUT2D eigenvalue weighted by molar-refractivity contribution is 5.90. The molecule has 1 rings (SSSR count). The van der Waals surface area contributed by atoms with Crippen molar-refractivity contribution in [3.8, 4) is 11.8 Å². The zero-order valence-corrected chi connectivity index (χ0v) is 10.2. The normalized spacial score (nSPS) is 10.8. The predicted octanol–water partition coefficient (Wildman–Crippen LogP) is 2.84. The first-order valence-electron chi connectivity index (χ1n) is 5.42. The number of hydrogen-bond donors (Lipinski definition) is 1. The van der Waals surface area contributed by atoms with Crippen LogP contribution in [-0.4, -0.2) is 17.7 Å². The Labute approximate surface area is 105 Å². The van der Waals surface area contributed by atoms with Gasteiger partial charge in [-0.05, 0) is 38.5 Å². The van der Waals surface area contributed by atoms with Crippen molar-refractivity contribution in [2.24, 2.45) is 5.41 Å². The lowest BCUT2D eigenvalue weighted by Crippen LogP contribution is -2.14. The zero-order chi connectivity index (χ0) is 13.8. The molecule has 0 spiro atoms. The third-order valence-electron chi connectivity index (χ3n) is 2.46. The van der Waals surface area contributed by atoms with Gasteiger partial charge in [0.25, 0.3) is 0 Å². The van der Waals surface area contributed by atoms with E-state index in [2.05, 4.69) is 6.07 Å². The van der Waals surface area contributed by atoms with Crippen molar-refractivity contribution in [2.75, 3.05) is 6.61 Å². The Hall–Kier alpha value is -2.09. The van der Waals surface area contributed by atoms with Crippen molar-refractivity contribution >= 4 is 5.97 Å². The van der Waals surface area contributed by atoms with Gasteiger partial charge < -0.3 is 9.84 Å². The van der Waals surface area contributed by atoms with Crippen molar-refractivity contribution in [1.29, 1.82) is 5.26 Å². The minimum atomic E-state index is -1.25. The number of rotatable bonds is 5. The van der Waals surface area contributed by atoms with Crippen molar-refractivity contribution < 1.29 is 19.0 Å². The number of carboxylic acid groups (broad SMARTS) is 1. The first kappa shape index (κ1) is 14.0. The Bertz CT molecular complexity index is 491. The van der Waals surface area contributed by atoms with E-state index >= 15 is 0 Å². The fourth-order valence-electron chi connectivity index (χ4n) is 1.27. The molecule has 1 aromatic rings. The third-order valence-corrected chi connectivity index (χ3v) is 2.46. The van der Waals surface area contributed by atoms with Crippen molar-refractivity contribution in [1.82, 2.24) is 0 Å². The van der Waals surface area contributed by atoms with Gasteiger partial charge in [0, 0.05) is 0 Å². The summed E-state index contributed by atoms with van der Waals surface area (Å²) in [6.45, 7) is 3.73. The minimum Gasteiger partial charge on any atom is -0.493 e. The number of carboxylic acids is 1. The van der Waals surface area contributed by atoms with E-state index in [0.717, 1.165) is 12.1 Å². The SMILES string of the molecule is CC(C)(C#N)CCOc1ccc(F)cc1C(=O)O. The summed E-state index contributed by atoms with van der Waals surface area (Å²) < 4.78 is 18.2. The third kappa shape index (κ3) is 3.74. The second-order valence-electron chi connectivity index (χ2n) is 4.54. The van der Waals surface area contributed by atoms with Crippen molar-refractivity contribution in [3.63, 3.8) is 0 Å². The largest absolute Gasteiger partial charge is 0.493 e. The minimum absolute atomic E-state index is 0.109. The molecule has 4 nitrogen and oxygen atoms in total. The molecule has 1 aromatic carbocycles. The van der Waals surface area contributed by atoms with Crippen LogP contribution >= 0.6 is 0 Å². The molecular formula is C13H14FNO3. The molecule has 0 heterocycles. The number of aromatic carboxylic acids is 1. The van der Waals surface area contributed by atoms with Crippen LogP contribution in [0.2, 0.25) is 0 Å². The Morgan fingerprint density at radius 2 is 2.22 bits per heavy atom. The Morgan fingerprint density at radius 3 is 2.78 bits per heavy atom. The summed E-state index contributed by atoms with van der Waals surface area (Å²) in [5, 5.41) is 17.7. The highest BCUT2D eigenvalue weighted by Gasteiger charge is 2.18. The topological polar surface area (TPSA) is 70.3 Å². The average Bonchev–Trinajstić information content (AvgIpc) is 2.30. The monoisotopic (exact) mass is 251 g/mol. The maximum Gasteiger partial charge on any atom is 0.339 e. The van der Waals surface area contributed by atoms with Crippen LogP contribution in [0.15, 0.2) is 18.2 Å². The van der Waals surface area contributed by atoms with Crippen LogP contribution < -0.4 is 4.74 Å². The van der Waals surface area contributed by atoms with Gasteiger partial charge in [-0.15, -0.1) is 0 Å². The van der Waals surface area contributed by atoms with E-state index in [0.29, 0.717) is 6.42 Å². The van der Waals surface area contributed by atoms with Crippen LogP contribution in [0, 0.1) is 22.6 Å². The Morgan fingerprint density at radius 1 is 1.56 bits per heavy atom. The molecule has 1 N–H and O–H groups in total. The molecule has 0 aliphatic heterocycles. The lowest BCUT2D eigenvalue weighted by molar-refractivity contribution is 0.0691. The first-order valence-corrected chi connectivity index (χ1v) is 5.42. The van der Waals surface area contributed by atoms with Crippen LogP contribution in [0.3, 0.4) is 0 Å². The number of carbonyl (C=O) groups is 1. The van der Waals surface area contributed by atoms with E-state index in [4.69, 9.17) is 15.1 Å². The quantitative estimate of drug-likeness (QED) is 0.873. The zero-order valence-electron chi connectivity index (χ0n) is 10.2. The molecule has 0 aliphatic carbocycles. The second kappa shape index (κ2) is 5.50. The van der Waals surface area contributed by atoms with E-state index in [1.807, 2.05) is 0 Å². The summed E-state index contributed by atoms with van der Waals surface area (Å²) in [5.41, 5.74) is -0.756. The highest BCUT2D eigenvalue weighted by Crippen LogP contribution is 2.23. The standard InChI is InChI=1S/C13H14FNO3/c1-13(2,8-15)5-6-18-11-4-3-9(14)7-10(11)12(16)17/h3-4,7H,5-6H2,1-2H3,(H,16,17). The summed E-state index contributed by atoms with van der Waals surface area (Å²) in [5.74, 6) is -1.77. The molecule has 96 valence electrons. The molecule has 0 fully saturated rings. The molecule has 0 saturated carbocycles. The number of ether oxygens (including phenoxy) is 1. The molecule has 0 atom stereocenters. The average molecular weight is 251 g/mol. The molecule has 0 bridgehead atoms. The van der Waals surface area contributed by atoms with Gasteiger partial charge in [-0.3, -0.25) is 0 Å². The summed E-state index contributed by atoms with van der Waals surface area (Å²) in [7, 11) is 0. The predicted molar refractivity (Wildman–Crippen MR) is 62.9 cm³/mol. The smallest absolute Gasteiger partial charge is 0.339 e. The molecule has 0 radical (unpaired) electrons. The van der Waals surface area contributed by atoms with E-state index in [-0.39, 0.29) is 17.9 Å². The van der Waals surface area contributed by atoms with Crippen LogP contribution in [0.5, 0.6) is 5.75 Å². The fraction of sp³-hybridized carbons (Fsp3) is 0.385. The number of benzene rings is 1. The second-order valence-corrected chi connectivity index (χ2v) is 4.54. The van der Waals surface area contributed by atoms with Gasteiger partial charge in [0.1, 0.15) is 17.1 Å². The number of hydrogen-bond acceptors (Lipinski definition) is 3. The van der Waals surface area contributed by atoms with Gasteiger partial charge in [-0.2, -0.15) is 5.26 Å². The van der Waals surface area contributed by atoms with Gasteiger partial charge in [-0.25, -0.2) is 9.18 Å². The van der Waals surface area contributed by atoms with Crippen molar-refractivity contribution in [2.45, 2.75) is 20.3 Å². The molecule has 0 amide bonds. The van der Waals surface area contributed by atoms with Crippen molar-refractivity contribution in [3.05, 3.63) is 29.6 Å². The van der Waals surface area contributed by atoms with Crippen LogP contribution in [0.4, 0.5) is 4.39 Å². The molecular weight excluding hydrogens is 237 g/mol. The van der Waals surface area contributed by atoms with Crippen LogP contribution in [0.25, 0.3) is 0 Å². The molecule has 18 heavy (non-hydrogen) atoms. The van der Waals surface area contributed by atoms with Crippen LogP contribution in [-0.2, 0) is 0 Å². The van der Waals surface area contributed by atoms with E-state index < -0.39 is 17.2 Å². The molecule has 0 unspecified atom stereocenters. The highest BCUT2D eigenvalue weighted by atomic mass is 19.1. The molecule has 5 heteroatoms. The molecule has 0 aliphatic rings. The molecule has 0 saturated heterocycles. The van der Waals surface area contributed by atoms with Gasteiger partial charge in [-0.1, -0.05) is 0 Å². The number of halogens is 1. The first-order chi connectivity index (χ1) is 8.35. The van der Waals surface area contributed by atoms with E-state index in [9.17, 15) is 9.18 Å². The maximum absolute atomic E-state index is 12.9. The lowest BCUT2D eigenvalue weighted by Gasteiger charge is -2.16. The lowest BCUT2D eigenvalue weighted by atomic mass is 9.92. The van der Waals surface area contributed by atoms with Gasteiger partial charge in [0.2, 0.25) is 0 Å². The Kier molecular flexibility index (Phi) is 4.27. The Balaban J connectivity index is 2.74. The van der Waals surface area contributed by atoms with E-state index in [1.165, 1.54) is 6.07 Å². The van der Waals surface area contributed by atoms with Crippen LogP contribution in [0.1, 0.15) is 30.6 Å². The summed E-state index contributed by atoms with van der Waals surface area (Å²) in [4.78, 5) is 10.9. The fourth-order valence-corrected chi connectivity index (χ4v) is 1.27. The van der Waals surface area contributed by atoms with Gasteiger partial charge >= 0.3 is 5.97 Å². The summed E-state index contributed by atoms with van der Waals surface area (Å²) in [6.07, 6.45) is 0.458. The van der Waals surface area contributed by atoms with Gasteiger partial charge in [0.05, 0.1) is 18.1 Å². The summed E-state index contributed by atoms with van der Waals surface area (Å²) >= 11 is 0. The van der Waals surface area contributed by atoms with Gasteiger partial charge in [0.15, 0.2) is 0 Å².